The van der Waals surface area contributed by atoms with Crippen LogP contribution in [-0.4, -0.2) is 27.0 Å². The number of hydrogen-bond donors (Lipinski definition) is 2. The monoisotopic (exact) mass is 215 g/mol. The predicted molar refractivity (Wildman–Crippen MR) is 58.9 cm³/mol. The molecule has 6 heteroatoms. The smallest absolute Gasteiger partial charge is 0.224 e. The summed E-state index contributed by atoms with van der Waals surface area (Å²) in [4.78, 5) is 15.7. The molecule has 0 aliphatic heterocycles. The molecule has 6 nitrogen and oxygen atoms in total. The molecule has 0 amide bonds. The van der Waals surface area contributed by atoms with Gasteiger partial charge in [0.15, 0.2) is 17.2 Å². The summed E-state index contributed by atoms with van der Waals surface area (Å²) in [6.45, 7) is 0. The maximum absolute atomic E-state index is 5.25. The minimum Gasteiger partial charge on any atom is -0.461 e. The lowest BCUT2D eigenvalue weighted by Crippen LogP contribution is -1.95. The van der Waals surface area contributed by atoms with E-state index in [0.717, 1.165) is 5.52 Å². The van der Waals surface area contributed by atoms with Crippen molar-refractivity contribution >= 4 is 17.1 Å². The van der Waals surface area contributed by atoms with Crippen molar-refractivity contribution in [3.05, 3.63) is 24.6 Å². The third kappa shape index (κ3) is 1.31. The van der Waals surface area contributed by atoms with Gasteiger partial charge >= 0.3 is 0 Å². The molecule has 3 aromatic rings. The van der Waals surface area contributed by atoms with Gasteiger partial charge in [0.1, 0.15) is 5.52 Å². The number of H-pyrrole nitrogens is 1. The number of nitrogens with zero attached hydrogens (tertiary/aromatic N) is 3. The Kier molecular flexibility index (Phi) is 1.86. The summed E-state index contributed by atoms with van der Waals surface area (Å²) in [6, 6.07) is 3.65. The molecule has 0 fully saturated rings. The van der Waals surface area contributed by atoms with E-state index in [9.17, 15) is 0 Å². The Morgan fingerprint density at radius 1 is 1.38 bits per heavy atom. The van der Waals surface area contributed by atoms with Crippen LogP contribution in [0.2, 0.25) is 0 Å². The highest BCUT2D eigenvalue weighted by molar-refractivity contribution is 5.74. The van der Waals surface area contributed by atoms with Crippen LogP contribution in [0.5, 0.6) is 0 Å². The zero-order valence-electron chi connectivity index (χ0n) is 8.56. The molecule has 16 heavy (non-hydrogen) atoms. The molecule has 2 N–H and O–H groups in total. The number of rotatable bonds is 2. The third-order valence-corrected chi connectivity index (χ3v) is 2.22. The third-order valence-electron chi connectivity index (χ3n) is 2.22. The maximum Gasteiger partial charge on any atom is 0.224 e. The van der Waals surface area contributed by atoms with Crippen molar-refractivity contribution in [2.24, 2.45) is 0 Å². The van der Waals surface area contributed by atoms with E-state index in [-0.39, 0.29) is 0 Å². The fourth-order valence-corrected chi connectivity index (χ4v) is 1.46. The van der Waals surface area contributed by atoms with Gasteiger partial charge in [0.2, 0.25) is 5.95 Å². The van der Waals surface area contributed by atoms with Crippen molar-refractivity contribution in [1.82, 2.24) is 19.9 Å². The number of hydrogen-bond acceptors (Lipinski definition) is 5. The van der Waals surface area contributed by atoms with Gasteiger partial charge in [0.05, 0.1) is 12.5 Å². The molecule has 0 unspecified atom stereocenters. The first-order valence-electron chi connectivity index (χ1n) is 4.81. The molecular formula is C10H9N5O. The number of fused-ring (bicyclic) bond motifs is 1. The summed E-state index contributed by atoms with van der Waals surface area (Å²) in [5, 5.41) is 2.86. The van der Waals surface area contributed by atoms with Crippen molar-refractivity contribution in [3.8, 4) is 11.6 Å². The summed E-state index contributed by atoms with van der Waals surface area (Å²) in [5.74, 6) is 1.89. The number of aromatic nitrogens is 4. The van der Waals surface area contributed by atoms with Gasteiger partial charge < -0.3 is 14.7 Å². The standard InChI is InChI=1S/C10H9N5O/c1-11-10-12-5-6-8(15-10)14-9(13-6)7-3-2-4-16-7/h2-5H,1H3,(H2,11,12,13,14,15). The Morgan fingerprint density at radius 3 is 3.06 bits per heavy atom. The molecule has 0 bridgehead atoms. The van der Waals surface area contributed by atoms with Crippen LogP contribution in [-0.2, 0) is 0 Å². The Morgan fingerprint density at radius 2 is 2.31 bits per heavy atom. The highest BCUT2D eigenvalue weighted by Crippen LogP contribution is 2.19. The van der Waals surface area contributed by atoms with Gasteiger partial charge in [-0.05, 0) is 12.1 Å². The average molecular weight is 215 g/mol. The Bertz CT molecular complexity index is 613. The van der Waals surface area contributed by atoms with Gasteiger partial charge in [-0.2, -0.15) is 4.98 Å². The molecule has 0 spiro atoms. The van der Waals surface area contributed by atoms with Crippen LogP contribution in [0.25, 0.3) is 22.7 Å². The van der Waals surface area contributed by atoms with Crippen LogP contribution < -0.4 is 5.32 Å². The van der Waals surface area contributed by atoms with Crippen LogP contribution in [0.15, 0.2) is 29.0 Å². The van der Waals surface area contributed by atoms with E-state index in [1.54, 1.807) is 19.5 Å². The molecule has 3 heterocycles. The van der Waals surface area contributed by atoms with Crippen LogP contribution in [0, 0.1) is 0 Å². The summed E-state index contributed by atoms with van der Waals surface area (Å²) >= 11 is 0. The highest BCUT2D eigenvalue weighted by Gasteiger charge is 2.08. The van der Waals surface area contributed by atoms with Gasteiger partial charge in [-0.15, -0.1) is 0 Å². The molecular weight excluding hydrogens is 206 g/mol. The first kappa shape index (κ1) is 8.90. The first-order valence-corrected chi connectivity index (χ1v) is 4.81. The SMILES string of the molecule is CNc1ncc2[nH]c(-c3ccco3)nc2n1. The molecule has 0 saturated heterocycles. The fraction of sp³-hybridized carbons (Fsp3) is 0.100. The fourth-order valence-electron chi connectivity index (χ4n) is 1.46. The lowest BCUT2D eigenvalue weighted by atomic mass is 10.4. The number of nitrogens with one attached hydrogen (secondary N) is 2. The zero-order valence-corrected chi connectivity index (χ0v) is 8.56. The van der Waals surface area contributed by atoms with Crippen LogP contribution >= 0.6 is 0 Å². The largest absolute Gasteiger partial charge is 0.461 e. The molecule has 0 aliphatic rings. The van der Waals surface area contributed by atoms with Crippen LogP contribution in [0.3, 0.4) is 0 Å². The summed E-state index contributed by atoms with van der Waals surface area (Å²) in [5.41, 5.74) is 1.40. The normalized spacial score (nSPS) is 10.8. The van der Waals surface area contributed by atoms with E-state index in [1.165, 1.54) is 0 Å². The van der Waals surface area contributed by atoms with Crippen molar-refractivity contribution in [3.63, 3.8) is 0 Å². The van der Waals surface area contributed by atoms with E-state index >= 15 is 0 Å². The molecule has 3 aromatic heterocycles. The second-order valence-electron chi connectivity index (χ2n) is 3.24. The summed E-state index contributed by atoms with van der Waals surface area (Å²) < 4.78 is 5.25. The molecule has 3 rings (SSSR count). The second kappa shape index (κ2) is 3.34. The lowest BCUT2D eigenvalue weighted by molar-refractivity contribution is 0.578. The van der Waals surface area contributed by atoms with Gasteiger partial charge in [0, 0.05) is 7.05 Å². The van der Waals surface area contributed by atoms with E-state index < -0.39 is 0 Å². The van der Waals surface area contributed by atoms with E-state index in [1.807, 2.05) is 12.1 Å². The van der Waals surface area contributed by atoms with E-state index in [0.29, 0.717) is 23.2 Å². The Hall–Kier alpha value is -2.37. The number of anilines is 1. The molecule has 0 aromatic carbocycles. The number of imidazole rings is 1. The Balaban J connectivity index is 2.16. The van der Waals surface area contributed by atoms with Crippen LogP contribution in [0.1, 0.15) is 0 Å². The van der Waals surface area contributed by atoms with Gasteiger partial charge in [-0.1, -0.05) is 0 Å². The topological polar surface area (TPSA) is 79.6 Å². The van der Waals surface area contributed by atoms with Crippen LogP contribution in [0.4, 0.5) is 5.95 Å². The molecule has 0 radical (unpaired) electrons. The summed E-state index contributed by atoms with van der Waals surface area (Å²) in [7, 11) is 1.77. The van der Waals surface area contributed by atoms with Crippen molar-refractivity contribution in [2.45, 2.75) is 0 Å². The van der Waals surface area contributed by atoms with E-state index in [2.05, 4.69) is 25.3 Å². The van der Waals surface area contributed by atoms with Crippen molar-refractivity contribution < 1.29 is 4.42 Å². The lowest BCUT2D eigenvalue weighted by Gasteiger charge is -1.94. The molecule has 0 atom stereocenters. The predicted octanol–water partition coefficient (Wildman–Crippen LogP) is 1.65. The summed E-state index contributed by atoms with van der Waals surface area (Å²) in [6.07, 6.45) is 3.29. The van der Waals surface area contributed by atoms with Crippen molar-refractivity contribution in [1.29, 1.82) is 0 Å². The zero-order chi connectivity index (χ0) is 11.0. The maximum atomic E-state index is 5.25. The van der Waals surface area contributed by atoms with Gasteiger partial charge in [-0.25, -0.2) is 9.97 Å². The van der Waals surface area contributed by atoms with Gasteiger partial charge in [0.25, 0.3) is 0 Å². The van der Waals surface area contributed by atoms with Gasteiger partial charge in [-0.3, -0.25) is 0 Å². The van der Waals surface area contributed by atoms with E-state index in [4.69, 9.17) is 4.42 Å². The first-order chi connectivity index (χ1) is 7.86. The van der Waals surface area contributed by atoms with Crippen molar-refractivity contribution in [2.75, 3.05) is 12.4 Å². The number of aromatic amines is 1. The molecule has 0 saturated carbocycles. The average Bonchev–Trinajstić information content (AvgIpc) is 2.96. The quantitative estimate of drug-likeness (QED) is 0.679. The minimum atomic E-state index is 0.546. The molecule has 80 valence electrons. The number of furan rings is 1. The minimum absolute atomic E-state index is 0.546. The second-order valence-corrected chi connectivity index (χ2v) is 3.24. The molecule has 0 aliphatic carbocycles. The highest BCUT2D eigenvalue weighted by atomic mass is 16.3. The Labute approximate surface area is 90.7 Å².